The molecule has 1 fully saturated rings. The third-order valence-electron chi connectivity index (χ3n) is 5.21. The lowest BCUT2D eigenvalue weighted by Gasteiger charge is -2.38. The first-order valence-corrected chi connectivity index (χ1v) is 9.30. The van der Waals surface area contributed by atoms with Crippen LogP contribution in [0.2, 0.25) is 0 Å². The molecule has 0 spiro atoms. The van der Waals surface area contributed by atoms with E-state index < -0.39 is 0 Å². The summed E-state index contributed by atoms with van der Waals surface area (Å²) in [6.45, 7) is 3.32. The molecule has 1 atom stereocenters. The van der Waals surface area contributed by atoms with Crippen LogP contribution in [-0.4, -0.2) is 39.0 Å². The summed E-state index contributed by atoms with van der Waals surface area (Å²) in [5, 5.41) is 4.16. The molecule has 0 bridgehead atoms. The molecule has 0 N–H and O–H groups in total. The highest BCUT2D eigenvalue weighted by Crippen LogP contribution is 2.33. The van der Waals surface area contributed by atoms with E-state index >= 15 is 0 Å². The number of hydrogen-bond donors (Lipinski definition) is 0. The van der Waals surface area contributed by atoms with Gasteiger partial charge in [0.05, 0.1) is 6.42 Å². The van der Waals surface area contributed by atoms with E-state index in [0.29, 0.717) is 30.2 Å². The fourth-order valence-corrected chi connectivity index (χ4v) is 3.60. The van der Waals surface area contributed by atoms with Crippen molar-refractivity contribution in [3.05, 3.63) is 66.0 Å². The number of rotatable bonds is 4. The van der Waals surface area contributed by atoms with E-state index in [0.717, 1.165) is 24.9 Å². The number of halogens is 1. The van der Waals surface area contributed by atoms with Crippen molar-refractivity contribution in [1.82, 2.24) is 20.0 Å². The Morgan fingerprint density at radius 3 is 2.71 bits per heavy atom. The fraction of sp³-hybridized carbons (Fsp3) is 0.333. The molecule has 4 rings (SSSR count). The minimum Gasteiger partial charge on any atom is -0.341 e. The molecule has 2 aromatic heterocycles. The minimum atomic E-state index is -0.381. The van der Waals surface area contributed by atoms with Crippen LogP contribution in [0.15, 0.2) is 53.3 Å². The molecule has 1 aromatic carbocycles. The molecule has 0 aliphatic carbocycles. The van der Waals surface area contributed by atoms with Crippen LogP contribution in [0.1, 0.15) is 31.2 Å². The van der Waals surface area contributed by atoms with Crippen molar-refractivity contribution in [3.63, 3.8) is 0 Å². The first kappa shape index (κ1) is 18.3. The van der Waals surface area contributed by atoms with Gasteiger partial charge in [0.1, 0.15) is 5.82 Å². The number of pyridine rings is 1. The first-order valence-electron chi connectivity index (χ1n) is 9.30. The molecular formula is C21H21FN4O2. The van der Waals surface area contributed by atoms with Gasteiger partial charge in [-0.25, -0.2) is 4.39 Å². The summed E-state index contributed by atoms with van der Waals surface area (Å²) in [4.78, 5) is 23.1. The Morgan fingerprint density at radius 2 is 1.96 bits per heavy atom. The highest BCUT2D eigenvalue weighted by molar-refractivity contribution is 5.79. The van der Waals surface area contributed by atoms with E-state index in [2.05, 4.69) is 22.0 Å². The van der Waals surface area contributed by atoms with Gasteiger partial charge < -0.3 is 9.42 Å². The van der Waals surface area contributed by atoms with E-state index in [4.69, 9.17) is 4.52 Å². The zero-order valence-electron chi connectivity index (χ0n) is 15.6. The summed E-state index contributed by atoms with van der Waals surface area (Å²) in [7, 11) is 0. The number of nitrogens with zero attached hydrogens (tertiary/aromatic N) is 4. The van der Waals surface area contributed by atoms with E-state index in [9.17, 15) is 9.18 Å². The molecule has 144 valence electrons. The van der Waals surface area contributed by atoms with Crippen molar-refractivity contribution in [2.75, 3.05) is 13.1 Å². The average Bonchev–Trinajstić information content (AvgIpc) is 3.20. The van der Waals surface area contributed by atoms with Crippen LogP contribution in [0, 0.1) is 5.82 Å². The molecule has 1 saturated heterocycles. The number of amides is 1. The zero-order valence-corrected chi connectivity index (χ0v) is 15.6. The Bertz CT molecular complexity index is 958. The van der Waals surface area contributed by atoms with Crippen LogP contribution in [0.5, 0.6) is 0 Å². The number of aromatic nitrogens is 3. The van der Waals surface area contributed by atoms with Crippen LogP contribution in [0.3, 0.4) is 0 Å². The second kappa shape index (κ2) is 7.50. The molecule has 1 aliphatic heterocycles. The molecule has 28 heavy (non-hydrogen) atoms. The van der Waals surface area contributed by atoms with Crippen molar-refractivity contribution < 1.29 is 13.7 Å². The summed E-state index contributed by atoms with van der Waals surface area (Å²) >= 11 is 0. The van der Waals surface area contributed by atoms with Crippen LogP contribution in [-0.2, 0) is 16.6 Å². The van der Waals surface area contributed by atoms with Crippen LogP contribution < -0.4 is 0 Å². The van der Waals surface area contributed by atoms with Gasteiger partial charge in [-0.05, 0) is 54.8 Å². The van der Waals surface area contributed by atoms with Gasteiger partial charge in [0.25, 0.3) is 5.89 Å². The Balaban J connectivity index is 1.50. The van der Waals surface area contributed by atoms with Gasteiger partial charge in [0.15, 0.2) is 5.82 Å². The maximum absolute atomic E-state index is 13.1. The quantitative estimate of drug-likeness (QED) is 0.694. The Morgan fingerprint density at radius 1 is 1.21 bits per heavy atom. The van der Waals surface area contributed by atoms with E-state index in [1.54, 1.807) is 24.5 Å². The summed E-state index contributed by atoms with van der Waals surface area (Å²) in [6.07, 6.45) is 5.48. The summed E-state index contributed by atoms with van der Waals surface area (Å²) in [5.41, 5.74) is 1.24. The largest absolute Gasteiger partial charge is 0.341 e. The standard InChI is InChI=1S/C21H21FN4O2/c1-21(20-24-19(28-25-20)16-3-5-17(22)6-4-16)9-2-12-26(14-21)18(27)13-15-7-10-23-11-8-15/h3-8,10-11H,2,9,12-14H2,1H3. The number of likely N-dealkylation sites (tertiary alicyclic amines) is 1. The molecule has 0 saturated carbocycles. The monoisotopic (exact) mass is 380 g/mol. The van der Waals surface area contributed by atoms with Gasteiger partial charge in [0, 0.05) is 36.5 Å². The number of carbonyl (C=O) groups is 1. The topological polar surface area (TPSA) is 72.1 Å². The fourth-order valence-electron chi connectivity index (χ4n) is 3.60. The molecule has 6 nitrogen and oxygen atoms in total. The third kappa shape index (κ3) is 3.78. The van der Waals surface area contributed by atoms with Crippen molar-refractivity contribution in [2.45, 2.75) is 31.6 Å². The van der Waals surface area contributed by atoms with Gasteiger partial charge in [-0.15, -0.1) is 0 Å². The van der Waals surface area contributed by atoms with Crippen LogP contribution >= 0.6 is 0 Å². The third-order valence-corrected chi connectivity index (χ3v) is 5.21. The second-order valence-electron chi connectivity index (χ2n) is 7.44. The minimum absolute atomic E-state index is 0.0828. The lowest BCUT2D eigenvalue weighted by Crippen LogP contribution is -2.48. The number of carbonyl (C=O) groups excluding carboxylic acids is 1. The van der Waals surface area contributed by atoms with E-state index in [-0.39, 0.29) is 17.1 Å². The summed E-state index contributed by atoms with van der Waals surface area (Å²) < 4.78 is 18.5. The van der Waals surface area contributed by atoms with Crippen molar-refractivity contribution >= 4 is 5.91 Å². The molecule has 7 heteroatoms. The average molecular weight is 380 g/mol. The van der Waals surface area contributed by atoms with Gasteiger partial charge in [-0.1, -0.05) is 12.1 Å². The SMILES string of the molecule is CC1(c2noc(-c3ccc(F)cc3)n2)CCCN(C(=O)Cc2ccncc2)C1. The molecule has 1 amide bonds. The first-order chi connectivity index (χ1) is 13.5. The van der Waals surface area contributed by atoms with E-state index in [1.807, 2.05) is 17.0 Å². The number of benzene rings is 1. The van der Waals surface area contributed by atoms with Gasteiger partial charge in [-0.3, -0.25) is 9.78 Å². The highest BCUT2D eigenvalue weighted by atomic mass is 19.1. The molecule has 0 radical (unpaired) electrons. The maximum atomic E-state index is 13.1. The Kier molecular flexibility index (Phi) is 4.90. The molecule has 1 aliphatic rings. The number of hydrogen-bond acceptors (Lipinski definition) is 5. The van der Waals surface area contributed by atoms with Crippen molar-refractivity contribution in [1.29, 1.82) is 0 Å². The van der Waals surface area contributed by atoms with Gasteiger partial charge in [0.2, 0.25) is 5.91 Å². The summed E-state index contributed by atoms with van der Waals surface area (Å²) in [6, 6.07) is 9.66. The molecular weight excluding hydrogens is 359 g/mol. The zero-order chi connectivity index (χ0) is 19.6. The molecule has 3 heterocycles. The highest BCUT2D eigenvalue weighted by Gasteiger charge is 2.38. The van der Waals surface area contributed by atoms with Gasteiger partial charge in [-0.2, -0.15) is 4.98 Å². The smallest absolute Gasteiger partial charge is 0.257 e. The Hall–Kier alpha value is -3.09. The van der Waals surface area contributed by atoms with E-state index in [1.165, 1.54) is 12.1 Å². The van der Waals surface area contributed by atoms with Gasteiger partial charge >= 0.3 is 0 Å². The second-order valence-corrected chi connectivity index (χ2v) is 7.44. The number of piperidine rings is 1. The normalized spacial score (nSPS) is 19.6. The maximum Gasteiger partial charge on any atom is 0.257 e. The van der Waals surface area contributed by atoms with Crippen LogP contribution in [0.4, 0.5) is 4.39 Å². The van der Waals surface area contributed by atoms with Crippen molar-refractivity contribution in [2.24, 2.45) is 0 Å². The van der Waals surface area contributed by atoms with Crippen LogP contribution in [0.25, 0.3) is 11.5 Å². The lowest BCUT2D eigenvalue weighted by atomic mass is 9.81. The predicted molar refractivity (Wildman–Crippen MR) is 101 cm³/mol. The predicted octanol–water partition coefficient (Wildman–Crippen LogP) is 3.39. The summed E-state index contributed by atoms with van der Waals surface area (Å²) in [5.74, 6) is 0.704. The Labute approximate surface area is 162 Å². The van der Waals surface area contributed by atoms with Crippen molar-refractivity contribution in [3.8, 4) is 11.5 Å². The lowest BCUT2D eigenvalue weighted by molar-refractivity contribution is -0.132. The molecule has 3 aromatic rings. The molecule has 1 unspecified atom stereocenters.